The molecule has 1 heterocycles. The Bertz CT molecular complexity index is 683. The molecule has 1 aromatic heterocycles. The van der Waals surface area contributed by atoms with Crippen LogP contribution in [-0.2, 0) is 17.9 Å². The summed E-state index contributed by atoms with van der Waals surface area (Å²) in [5, 5.41) is 10.6. The molecular formula is C16H19ClN2O3. The number of hydrogen-bond donors (Lipinski definition) is 1. The number of aliphatic hydroxyl groups excluding tert-OH is 1. The summed E-state index contributed by atoms with van der Waals surface area (Å²) in [6, 6.07) is 7.31. The molecule has 2 aromatic rings. The molecule has 0 spiro atoms. The molecule has 6 heteroatoms. The first-order valence-corrected chi connectivity index (χ1v) is 7.38. The van der Waals surface area contributed by atoms with Crippen molar-refractivity contribution in [3.05, 3.63) is 62.8 Å². The van der Waals surface area contributed by atoms with Gasteiger partial charge in [0.05, 0.1) is 32.2 Å². The van der Waals surface area contributed by atoms with Crippen molar-refractivity contribution < 1.29 is 9.84 Å². The Morgan fingerprint density at radius 2 is 2.00 bits per heavy atom. The average molecular weight is 323 g/mol. The minimum atomic E-state index is -0.770. The number of benzene rings is 1. The maximum atomic E-state index is 12.0. The molecule has 0 aliphatic carbocycles. The van der Waals surface area contributed by atoms with E-state index in [1.54, 1.807) is 26.0 Å². The summed E-state index contributed by atoms with van der Waals surface area (Å²) in [5.74, 6) is 0. The maximum Gasteiger partial charge on any atom is 0.256 e. The number of nitrogens with zero attached hydrogens (tertiary/aromatic N) is 2. The Morgan fingerprint density at radius 1 is 1.32 bits per heavy atom. The van der Waals surface area contributed by atoms with E-state index in [0.717, 1.165) is 5.56 Å². The Kier molecular flexibility index (Phi) is 5.71. The van der Waals surface area contributed by atoms with E-state index in [1.807, 2.05) is 12.1 Å². The van der Waals surface area contributed by atoms with E-state index in [4.69, 9.17) is 16.3 Å². The van der Waals surface area contributed by atoms with Crippen molar-refractivity contribution in [2.24, 2.45) is 0 Å². The zero-order chi connectivity index (χ0) is 16.1. The molecule has 0 fully saturated rings. The molecule has 5 nitrogen and oxygen atoms in total. The van der Waals surface area contributed by atoms with Crippen molar-refractivity contribution in [2.45, 2.75) is 33.1 Å². The average Bonchev–Trinajstić information content (AvgIpc) is 2.50. The molecule has 0 saturated heterocycles. The standard InChI is InChI=1S/C16H19ClN2O3/c1-11-12(2)18-10-19(16(11)21)7-15(20)9-22-8-13-3-5-14(17)6-4-13/h3-6,10,15,20H,7-9H2,1-2H3. The lowest BCUT2D eigenvalue weighted by molar-refractivity contribution is 0.0197. The molecule has 0 radical (unpaired) electrons. The molecule has 1 unspecified atom stereocenters. The highest BCUT2D eigenvalue weighted by Gasteiger charge is 2.09. The molecule has 0 amide bonds. The number of ether oxygens (including phenoxy) is 1. The van der Waals surface area contributed by atoms with Crippen LogP contribution in [-0.4, -0.2) is 27.4 Å². The first kappa shape index (κ1) is 16.7. The highest BCUT2D eigenvalue weighted by atomic mass is 35.5. The third-order valence-corrected chi connectivity index (χ3v) is 3.67. The lowest BCUT2D eigenvalue weighted by Gasteiger charge is -2.14. The normalized spacial score (nSPS) is 12.4. The molecular weight excluding hydrogens is 304 g/mol. The second-order valence-corrected chi connectivity index (χ2v) is 5.64. The van der Waals surface area contributed by atoms with Gasteiger partial charge in [-0.1, -0.05) is 23.7 Å². The summed E-state index contributed by atoms with van der Waals surface area (Å²) in [4.78, 5) is 16.1. The van der Waals surface area contributed by atoms with Crippen molar-refractivity contribution in [3.63, 3.8) is 0 Å². The predicted molar refractivity (Wildman–Crippen MR) is 85.1 cm³/mol. The van der Waals surface area contributed by atoms with Gasteiger partial charge in [-0.2, -0.15) is 0 Å². The summed E-state index contributed by atoms with van der Waals surface area (Å²) < 4.78 is 6.86. The van der Waals surface area contributed by atoms with Gasteiger partial charge >= 0.3 is 0 Å². The van der Waals surface area contributed by atoms with Gasteiger partial charge in [0.2, 0.25) is 0 Å². The summed E-state index contributed by atoms with van der Waals surface area (Å²) in [6.07, 6.45) is 0.682. The van der Waals surface area contributed by atoms with Gasteiger partial charge in [0.25, 0.3) is 5.56 Å². The third-order valence-electron chi connectivity index (χ3n) is 3.41. The van der Waals surface area contributed by atoms with Crippen molar-refractivity contribution >= 4 is 11.6 Å². The number of rotatable bonds is 6. The molecule has 2 rings (SSSR count). The molecule has 0 saturated carbocycles. The van der Waals surface area contributed by atoms with Gasteiger partial charge in [-0.25, -0.2) is 4.98 Å². The third kappa shape index (κ3) is 4.40. The molecule has 0 aliphatic heterocycles. The zero-order valence-corrected chi connectivity index (χ0v) is 13.4. The van der Waals surface area contributed by atoms with Crippen LogP contribution in [0, 0.1) is 13.8 Å². The van der Waals surface area contributed by atoms with Crippen LogP contribution in [0.15, 0.2) is 35.4 Å². The summed E-state index contributed by atoms with van der Waals surface area (Å²) in [7, 11) is 0. The Hall–Kier alpha value is -1.69. The minimum absolute atomic E-state index is 0.135. The van der Waals surface area contributed by atoms with Crippen LogP contribution in [0.4, 0.5) is 0 Å². The Labute approximate surface area is 134 Å². The van der Waals surface area contributed by atoms with Crippen LogP contribution < -0.4 is 5.56 Å². The zero-order valence-electron chi connectivity index (χ0n) is 12.6. The fourth-order valence-corrected chi connectivity index (χ4v) is 2.10. The number of aliphatic hydroxyl groups is 1. The van der Waals surface area contributed by atoms with Crippen LogP contribution in [0.3, 0.4) is 0 Å². The van der Waals surface area contributed by atoms with Crippen molar-refractivity contribution in [1.82, 2.24) is 9.55 Å². The second kappa shape index (κ2) is 7.54. The van der Waals surface area contributed by atoms with Crippen molar-refractivity contribution in [1.29, 1.82) is 0 Å². The minimum Gasteiger partial charge on any atom is -0.389 e. The number of hydrogen-bond acceptors (Lipinski definition) is 4. The van der Waals surface area contributed by atoms with Gasteiger partial charge in [-0.3, -0.25) is 9.36 Å². The van der Waals surface area contributed by atoms with Gasteiger partial charge in [-0.05, 0) is 31.5 Å². The fraction of sp³-hybridized carbons (Fsp3) is 0.375. The number of aryl methyl sites for hydroxylation is 1. The molecule has 0 bridgehead atoms. The SMILES string of the molecule is Cc1ncn(CC(O)COCc2ccc(Cl)cc2)c(=O)c1C. The molecule has 1 atom stereocenters. The van der Waals surface area contributed by atoms with Crippen LogP contribution in [0.25, 0.3) is 0 Å². The van der Waals surface area contributed by atoms with Gasteiger partial charge in [-0.15, -0.1) is 0 Å². The monoisotopic (exact) mass is 322 g/mol. The molecule has 22 heavy (non-hydrogen) atoms. The van der Waals surface area contributed by atoms with Gasteiger partial charge in [0.15, 0.2) is 0 Å². The van der Waals surface area contributed by atoms with Crippen LogP contribution in [0.5, 0.6) is 0 Å². The highest BCUT2D eigenvalue weighted by Crippen LogP contribution is 2.10. The summed E-state index contributed by atoms with van der Waals surface area (Å²) in [5.41, 5.74) is 2.14. The molecule has 118 valence electrons. The first-order valence-electron chi connectivity index (χ1n) is 7.00. The van der Waals surface area contributed by atoms with E-state index < -0.39 is 6.10 Å². The second-order valence-electron chi connectivity index (χ2n) is 5.21. The molecule has 1 N–H and O–H groups in total. The first-order chi connectivity index (χ1) is 10.5. The van der Waals surface area contributed by atoms with E-state index in [2.05, 4.69) is 4.98 Å². The van der Waals surface area contributed by atoms with E-state index in [-0.39, 0.29) is 18.7 Å². The molecule has 0 aliphatic rings. The van der Waals surface area contributed by atoms with Crippen molar-refractivity contribution in [2.75, 3.05) is 6.61 Å². The topological polar surface area (TPSA) is 64.3 Å². The summed E-state index contributed by atoms with van der Waals surface area (Å²) >= 11 is 5.81. The van der Waals surface area contributed by atoms with Gasteiger partial charge in [0, 0.05) is 16.3 Å². The highest BCUT2D eigenvalue weighted by molar-refractivity contribution is 6.30. The quantitative estimate of drug-likeness (QED) is 0.884. The predicted octanol–water partition coefficient (Wildman–Crippen LogP) is 2.09. The van der Waals surface area contributed by atoms with Gasteiger partial charge < -0.3 is 9.84 Å². The van der Waals surface area contributed by atoms with E-state index >= 15 is 0 Å². The van der Waals surface area contributed by atoms with Gasteiger partial charge in [0.1, 0.15) is 0 Å². The van der Waals surface area contributed by atoms with Crippen LogP contribution >= 0.6 is 11.6 Å². The fourth-order valence-electron chi connectivity index (χ4n) is 1.98. The van der Waals surface area contributed by atoms with E-state index in [9.17, 15) is 9.90 Å². The number of halogens is 1. The Balaban J connectivity index is 1.85. The largest absolute Gasteiger partial charge is 0.389 e. The smallest absolute Gasteiger partial charge is 0.256 e. The van der Waals surface area contributed by atoms with E-state index in [0.29, 0.717) is 22.9 Å². The lowest BCUT2D eigenvalue weighted by atomic mass is 10.2. The van der Waals surface area contributed by atoms with E-state index in [1.165, 1.54) is 10.9 Å². The summed E-state index contributed by atoms with van der Waals surface area (Å²) in [6.45, 7) is 4.20. The lowest BCUT2D eigenvalue weighted by Crippen LogP contribution is -2.31. The number of aromatic nitrogens is 2. The molecule has 1 aromatic carbocycles. The maximum absolute atomic E-state index is 12.0. The Morgan fingerprint density at radius 3 is 2.68 bits per heavy atom. The van der Waals surface area contributed by atoms with Crippen molar-refractivity contribution in [3.8, 4) is 0 Å². The van der Waals surface area contributed by atoms with Crippen LogP contribution in [0.1, 0.15) is 16.8 Å². The van der Waals surface area contributed by atoms with Crippen LogP contribution in [0.2, 0.25) is 5.02 Å².